The number of carboxylic acids is 1. The standard InChI is InChI=1S/C19H20O4/c1-14-7-9-17(13-15(14)2)22-11-12-23-18-6-4-3-5-16(18)8-10-19(20)21/h3-10,13H,11-12H2,1-2H3,(H,20,21). The maximum atomic E-state index is 10.6. The third-order valence-electron chi connectivity index (χ3n) is 3.41. The van der Waals surface area contributed by atoms with Gasteiger partial charge < -0.3 is 14.6 Å². The van der Waals surface area contributed by atoms with Crippen molar-refractivity contribution in [3.63, 3.8) is 0 Å². The second kappa shape index (κ2) is 8.03. The van der Waals surface area contributed by atoms with Crippen LogP contribution in [0.1, 0.15) is 16.7 Å². The largest absolute Gasteiger partial charge is 0.490 e. The van der Waals surface area contributed by atoms with Gasteiger partial charge in [-0.25, -0.2) is 4.79 Å². The highest BCUT2D eigenvalue weighted by molar-refractivity contribution is 5.85. The number of aryl methyl sites for hydroxylation is 2. The highest BCUT2D eigenvalue weighted by Crippen LogP contribution is 2.20. The van der Waals surface area contributed by atoms with Crippen LogP contribution in [-0.4, -0.2) is 24.3 Å². The first-order valence-electron chi connectivity index (χ1n) is 7.39. The molecule has 0 radical (unpaired) electrons. The van der Waals surface area contributed by atoms with Gasteiger partial charge in [-0.2, -0.15) is 0 Å². The molecule has 23 heavy (non-hydrogen) atoms. The van der Waals surface area contributed by atoms with Gasteiger partial charge in [0.1, 0.15) is 24.7 Å². The van der Waals surface area contributed by atoms with E-state index in [1.54, 1.807) is 12.1 Å². The van der Waals surface area contributed by atoms with E-state index in [4.69, 9.17) is 14.6 Å². The zero-order valence-corrected chi connectivity index (χ0v) is 13.3. The van der Waals surface area contributed by atoms with Gasteiger partial charge in [0.25, 0.3) is 0 Å². The molecule has 120 valence electrons. The Kier molecular flexibility index (Phi) is 5.80. The van der Waals surface area contributed by atoms with Crippen LogP contribution in [0, 0.1) is 13.8 Å². The zero-order chi connectivity index (χ0) is 16.7. The summed E-state index contributed by atoms with van der Waals surface area (Å²) in [5.74, 6) is 0.460. The molecule has 4 nitrogen and oxygen atoms in total. The maximum Gasteiger partial charge on any atom is 0.328 e. The quantitative estimate of drug-likeness (QED) is 0.623. The number of para-hydroxylation sites is 1. The summed E-state index contributed by atoms with van der Waals surface area (Å²) in [5, 5.41) is 8.70. The van der Waals surface area contributed by atoms with Gasteiger partial charge in [0.2, 0.25) is 0 Å². The van der Waals surface area contributed by atoms with Crippen molar-refractivity contribution < 1.29 is 19.4 Å². The van der Waals surface area contributed by atoms with E-state index in [9.17, 15) is 4.79 Å². The molecule has 0 fully saturated rings. The van der Waals surface area contributed by atoms with E-state index in [2.05, 4.69) is 6.92 Å². The van der Waals surface area contributed by atoms with Gasteiger partial charge in [-0.3, -0.25) is 0 Å². The second-order valence-electron chi connectivity index (χ2n) is 5.15. The van der Waals surface area contributed by atoms with Gasteiger partial charge in [0.05, 0.1) is 0 Å². The first kappa shape index (κ1) is 16.6. The number of ether oxygens (including phenoxy) is 2. The summed E-state index contributed by atoms with van der Waals surface area (Å²) in [7, 11) is 0. The van der Waals surface area contributed by atoms with Gasteiger partial charge in [0, 0.05) is 11.6 Å². The van der Waals surface area contributed by atoms with Crippen LogP contribution < -0.4 is 9.47 Å². The van der Waals surface area contributed by atoms with Crippen LogP contribution in [-0.2, 0) is 4.79 Å². The van der Waals surface area contributed by atoms with E-state index >= 15 is 0 Å². The first-order chi connectivity index (χ1) is 11.1. The Hall–Kier alpha value is -2.75. The minimum Gasteiger partial charge on any atom is -0.490 e. The Bertz CT molecular complexity index is 704. The fraction of sp³-hybridized carbons (Fsp3) is 0.211. The normalized spacial score (nSPS) is 10.7. The van der Waals surface area contributed by atoms with Gasteiger partial charge in [-0.15, -0.1) is 0 Å². The molecule has 0 heterocycles. The lowest BCUT2D eigenvalue weighted by atomic mass is 10.1. The van der Waals surface area contributed by atoms with Crippen molar-refractivity contribution in [3.05, 3.63) is 65.2 Å². The molecule has 0 atom stereocenters. The van der Waals surface area contributed by atoms with E-state index in [-0.39, 0.29) is 0 Å². The van der Waals surface area contributed by atoms with Crippen molar-refractivity contribution in [2.75, 3.05) is 13.2 Å². The molecule has 0 aliphatic carbocycles. The summed E-state index contributed by atoms with van der Waals surface area (Å²) in [4.78, 5) is 10.6. The Balaban J connectivity index is 1.89. The zero-order valence-electron chi connectivity index (χ0n) is 13.3. The molecular weight excluding hydrogens is 292 g/mol. The molecule has 2 aromatic carbocycles. The number of carboxylic acid groups (broad SMARTS) is 1. The molecule has 4 heteroatoms. The molecule has 2 rings (SSSR count). The number of carbonyl (C=O) groups is 1. The summed E-state index contributed by atoms with van der Waals surface area (Å²) >= 11 is 0. The molecule has 0 aliphatic rings. The number of aliphatic carboxylic acids is 1. The molecule has 0 amide bonds. The lowest BCUT2D eigenvalue weighted by molar-refractivity contribution is -0.131. The molecule has 0 aromatic heterocycles. The van der Waals surface area contributed by atoms with Crippen LogP contribution in [0.2, 0.25) is 0 Å². The summed E-state index contributed by atoms with van der Waals surface area (Å²) in [6.45, 7) is 4.90. The van der Waals surface area contributed by atoms with Gasteiger partial charge in [0.15, 0.2) is 0 Å². The summed E-state index contributed by atoms with van der Waals surface area (Å²) < 4.78 is 11.3. The Morgan fingerprint density at radius 3 is 2.52 bits per heavy atom. The minimum atomic E-state index is -0.988. The van der Waals surface area contributed by atoms with Gasteiger partial charge in [-0.1, -0.05) is 24.3 Å². The van der Waals surface area contributed by atoms with Gasteiger partial charge >= 0.3 is 5.97 Å². The van der Waals surface area contributed by atoms with Crippen LogP contribution in [0.5, 0.6) is 11.5 Å². The Labute approximate surface area is 136 Å². The van der Waals surface area contributed by atoms with Crippen molar-refractivity contribution >= 4 is 12.0 Å². The average Bonchev–Trinajstić information content (AvgIpc) is 2.53. The molecular formula is C19H20O4. The highest BCUT2D eigenvalue weighted by atomic mass is 16.5. The summed E-state index contributed by atoms with van der Waals surface area (Å²) in [5.41, 5.74) is 3.14. The minimum absolute atomic E-state index is 0.380. The molecule has 0 saturated carbocycles. The van der Waals surface area contributed by atoms with Crippen LogP contribution >= 0.6 is 0 Å². The molecule has 0 bridgehead atoms. The van der Waals surface area contributed by atoms with E-state index in [1.165, 1.54) is 17.2 Å². The molecule has 2 aromatic rings. The van der Waals surface area contributed by atoms with E-state index in [0.29, 0.717) is 19.0 Å². The van der Waals surface area contributed by atoms with Crippen molar-refractivity contribution in [3.8, 4) is 11.5 Å². The molecule has 0 unspecified atom stereocenters. The first-order valence-corrected chi connectivity index (χ1v) is 7.39. The van der Waals surface area contributed by atoms with Crippen LogP contribution in [0.4, 0.5) is 0 Å². The van der Waals surface area contributed by atoms with Crippen molar-refractivity contribution in [2.24, 2.45) is 0 Å². The molecule has 0 spiro atoms. The number of hydrogen-bond acceptors (Lipinski definition) is 3. The maximum absolute atomic E-state index is 10.6. The third-order valence-corrected chi connectivity index (χ3v) is 3.41. The van der Waals surface area contributed by atoms with E-state index < -0.39 is 5.97 Å². The SMILES string of the molecule is Cc1ccc(OCCOc2ccccc2C=CC(=O)O)cc1C. The van der Waals surface area contributed by atoms with Gasteiger partial charge in [-0.05, 0) is 49.2 Å². The average molecular weight is 312 g/mol. The predicted molar refractivity (Wildman–Crippen MR) is 90.0 cm³/mol. The lowest BCUT2D eigenvalue weighted by Crippen LogP contribution is -2.09. The topological polar surface area (TPSA) is 55.8 Å². The Morgan fingerprint density at radius 1 is 1.04 bits per heavy atom. The number of hydrogen-bond donors (Lipinski definition) is 1. The summed E-state index contributed by atoms with van der Waals surface area (Å²) in [6.07, 6.45) is 2.61. The van der Waals surface area contributed by atoms with E-state index in [1.807, 2.05) is 37.3 Å². The number of rotatable bonds is 7. The highest BCUT2D eigenvalue weighted by Gasteiger charge is 2.02. The van der Waals surface area contributed by atoms with Crippen molar-refractivity contribution in [2.45, 2.75) is 13.8 Å². The smallest absolute Gasteiger partial charge is 0.328 e. The van der Waals surface area contributed by atoms with Crippen LogP contribution in [0.3, 0.4) is 0 Å². The predicted octanol–water partition coefficient (Wildman–Crippen LogP) is 3.86. The number of benzene rings is 2. The van der Waals surface area contributed by atoms with Crippen molar-refractivity contribution in [1.82, 2.24) is 0 Å². The lowest BCUT2D eigenvalue weighted by Gasteiger charge is -2.11. The summed E-state index contributed by atoms with van der Waals surface area (Å²) in [6, 6.07) is 13.2. The van der Waals surface area contributed by atoms with Crippen LogP contribution in [0.15, 0.2) is 48.5 Å². The second-order valence-corrected chi connectivity index (χ2v) is 5.15. The third kappa shape index (κ3) is 5.18. The molecule has 0 saturated heterocycles. The van der Waals surface area contributed by atoms with E-state index in [0.717, 1.165) is 17.4 Å². The van der Waals surface area contributed by atoms with Crippen molar-refractivity contribution in [1.29, 1.82) is 0 Å². The molecule has 0 aliphatic heterocycles. The monoisotopic (exact) mass is 312 g/mol. The fourth-order valence-corrected chi connectivity index (χ4v) is 2.03. The Morgan fingerprint density at radius 2 is 1.78 bits per heavy atom. The fourth-order valence-electron chi connectivity index (χ4n) is 2.03. The molecule has 1 N–H and O–H groups in total. The van der Waals surface area contributed by atoms with Crippen LogP contribution in [0.25, 0.3) is 6.08 Å².